The summed E-state index contributed by atoms with van der Waals surface area (Å²) in [4.78, 5) is 0. The molecule has 0 saturated heterocycles. The quantitative estimate of drug-likeness (QED) is 0.714. The number of rotatable bonds is 7. The van der Waals surface area contributed by atoms with E-state index in [0.717, 1.165) is 40.6 Å². The average Bonchev–Trinajstić information content (AvgIpc) is 2.32. The summed E-state index contributed by atoms with van der Waals surface area (Å²) in [5.74, 6) is 1.50. The maximum Gasteiger partial charge on any atom is 0.147 e. The van der Waals surface area contributed by atoms with Crippen LogP contribution in [-0.2, 0) is 6.42 Å². The molecular weight excluding hydrogens is 370 g/mol. The molecule has 1 aromatic carbocycles. The first-order valence-electron chi connectivity index (χ1n) is 6.84. The summed E-state index contributed by atoms with van der Waals surface area (Å²) in [6.07, 6.45) is 3.16. The van der Waals surface area contributed by atoms with Crippen LogP contribution in [0, 0.1) is 5.92 Å². The SMILES string of the molecule is CCC(CC)COc1c(Br)cc(CC(C)N)cc1Br. The molecule has 0 radical (unpaired) electrons. The highest BCUT2D eigenvalue weighted by Crippen LogP contribution is 2.35. The topological polar surface area (TPSA) is 35.2 Å². The van der Waals surface area contributed by atoms with E-state index in [9.17, 15) is 0 Å². The maximum absolute atomic E-state index is 5.95. The molecule has 0 aliphatic carbocycles. The first-order chi connectivity index (χ1) is 8.97. The van der Waals surface area contributed by atoms with E-state index in [2.05, 4.69) is 57.8 Å². The van der Waals surface area contributed by atoms with Crippen LogP contribution in [0.25, 0.3) is 0 Å². The third-order valence-electron chi connectivity index (χ3n) is 3.23. The zero-order valence-corrected chi connectivity index (χ0v) is 15.1. The molecule has 4 heteroatoms. The molecule has 0 aliphatic rings. The van der Waals surface area contributed by atoms with Crippen LogP contribution >= 0.6 is 31.9 Å². The normalized spacial score (nSPS) is 12.8. The summed E-state index contributed by atoms with van der Waals surface area (Å²) in [7, 11) is 0. The molecule has 1 atom stereocenters. The van der Waals surface area contributed by atoms with Gasteiger partial charge >= 0.3 is 0 Å². The highest BCUT2D eigenvalue weighted by molar-refractivity contribution is 9.11. The largest absolute Gasteiger partial charge is 0.491 e. The van der Waals surface area contributed by atoms with Gasteiger partial charge in [-0.05, 0) is 68.8 Å². The Morgan fingerprint density at radius 2 is 1.68 bits per heavy atom. The maximum atomic E-state index is 5.95. The minimum Gasteiger partial charge on any atom is -0.491 e. The Morgan fingerprint density at radius 1 is 1.16 bits per heavy atom. The van der Waals surface area contributed by atoms with Crippen LogP contribution < -0.4 is 10.5 Å². The monoisotopic (exact) mass is 391 g/mol. The Morgan fingerprint density at radius 3 is 2.11 bits per heavy atom. The van der Waals surface area contributed by atoms with Crippen LogP contribution in [-0.4, -0.2) is 12.6 Å². The third-order valence-corrected chi connectivity index (χ3v) is 4.41. The zero-order valence-electron chi connectivity index (χ0n) is 11.9. The lowest BCUT2D eigenvalue weighted by Gasteiger charge is -2.17. The van der Waals surface area contributed by atoms with Crippen LogP contribution in [0.2, 0.25) is 0 Å². The Kier molecular flexibility index (Phi) is 7.40. The Bertz CT molecular complexity index is 380. The Labute approximate surface area is 133 Å². The minimum atomic E-state index is 0.162. The Hall–Kier alpha value is -0.0600. The lowest BCUT2D eigenvalue weighted by molar-refractivity contribution is 0.238. The number of halogens is 2. The van der Waals surface area contributed by atoms with E-state index < -0.39 is 0 Å². The van der Waals surface area contributed by atoms with Gasteiger partial charge in [0.1, 0.15) is 5.75 Å². The van der Waals surface area contributed by atoms with Crippen LogP contribution in [0.5, 0.6) is 5.75 Å². The lowest BCUT2D eigenvalue weighted by atomic mass is 10.1. The molecule has 1 aromatic rings. The van der Waals surface area contributed by atoms with E-state index in [1.807, 2.05) is 6.92 Å². The van der Waals surface area contributed by atoms with Crippen molar-refractivity contribution in [3.05, 3.63) is 26.6 Å². The van der Waals surface area contributed by atoms with Crippen LogP contribution in [0.15, 0.2) is 21.1 Å². The number of ether oxygens (including phenoxy) is 1. The molecule has 19 heavy (non-hydrogen) atoms. The van der Waals surface area contributed by atoms with E-state index in [1.54, 1.807) is 0 Å². The fourth-order valence-corrected chi connectivity index (χ4v) is 3.48. The van der Waals surface area contributed by atoms with Crippen molar-refractivity contribution >= 4 is 31.9 Å². The second kappa shape index (κ2) is 8.28. The van der Waals surface area contributed by atoms with E-state index in [1.165, 1.54) is 5.56 Å². The smallest absolute Gasteiger partial charge is 0.147 e. The van der Waals surface area contributed by atoms with Gasteiger partial charge in [0.25, 0.3) is 0 Å². The molecule has 0 saturated carbocycles. The number of hydrogen-bond donors (Lipinski definition) is 1. The molecule has 108 valence electrons. The van der Waals surface area contributed by atoms with Crippen LogP contribution in [0.1, 0.15) is 39.2 Å². The molecule has 0 bridgehead atoms. The molecule has 0 aliphatic heterocycles. The second-order valence-electron chi connectivity index (χ2n) is 5.06. The van der Waals surface area contributed by atoms with Crippen molar-refractivity contribution in [3.63, 3.8) is 0 Å². The standard InChI is InChI=1S/C15H23Br2NO/c1-4-11(5-2)9-19-15-13(16)7-12(6-10(3)18)8-14(15)17/h7-8,10-11H,4-6,9,18H2,1-3H3. The van der Waals surface area contributed by atoms with Gasteiger partial charge in [-0.1, -0.05) is 26.7 Å². The van der Waals surface area contributed by atoms with Gasteiger partial charge < -0.3 is 10.5 Å². The predicted octanol–water partition coefficient (Wildman–Crippen LogP) is 4.92. The van der Waals surface area contributed by atoms with Crippen molar-refractivity contribution in [1.29, 1.82) is 0 Å². The van der Waals surface area contributed by atoms with Gasteiger partial charge in [-0.15, -0.1) is 0 Å². The van der Waals surface area contributed by atoms with Gasteiger partial charge in [0.2, 0.25) is 0 Å². The summed E-state index contributed by atoms with van der Waals surface area (Å²) in [6.45, 7) is 7.18. The molecular formula is C15H23Br2NO. The van der Waals surface area contributed by atoms with E-state index in [4.69, 9.17) is 10.5 Å². The first kappa shape index (κ1) is 17.0. The molecule has 0 aromatic heterocycles. The van der Waals surface area contributed by atoms with Crippen LogP contribution in [0.4, 0.5) is 0 Å². The summed E-state index contributed by atoms with van der Waals surface area (Å²) < 4.78 is 7.93. The predicted molar refractivity (Wildman–Crippen MR) is 88.8 cm³/mol. The molecule has 1 unspecified atom stereocenters. The highest BCUT2D eigenvalue weighted by atomic mass is 79.9. The van der Waals surface area contributed by atoms with Gasteiger partial charge in [-0.2, -0.15) is 0 Å². The highest BCUT2D eigenvalue weighted by Gasteiger charge is 2.12. The second-order valence-corrected chi connectivity index (χ2v) is 6.77. The van der Waals surface area contributed by atoms with Crippen LogP contribution in [0.3, 0.4) is 0 Å². The first-order valence-corrected chi connectivity index (χ1v) is 8.42. The summed E-state index contributed by atoms with van der Waals surface area (Å²) >= 11 is 7.17. The average molecular weight is 393 g/mol. The lowest BCUT2D eigenvalue weighted by Crippen LogP contribution is -2.17. The van der Waals surface area contributed by atoms with Gasteiger partial charge in [0.15, 0.2) is 0 Å². The van der Waals surface area contributed by atoms with Crippen molar-refractivity contribution in [2.24, 2.45) is 11.7 Å². The van der Waals surface area contributed by atoms with Gasteiger partial charge in [-0.3, -0.25) is 0 Å². The molecule has 0 fully saturated rings. The fourth-order valence-electron chi connectivity index (χ4n) is 1.97. The number of benzene rings is 1. The van der Waals surface area contributed by atoms with E-state index in [0.29, 0.717) is 5.92 Å². The van der Waals surface area contributed by atoms with Crippen molar-refractivity contribution < 1.29 is 4.74 Å². The third kappa shape index (κ3) is 5.44. The van der Waals surface area contributed by atoms with Crippen molar-refractivity contribution in [2.45, 2.75) is 46.1 Å². The van der Waals surface area contributed by atoms with Gasteiger partial charge in [0.05, 0.1) is 15.6 Å². The number of hydrogen-bond acceptors (Lipinski definition) is 2. The van der Waals surface area contributed by atoms with Gasteiger partial charge in [0, 0.05) is 6.04 Å². The molecule has 1 rings (SSSR count). The van der Waals surface area contributed by atoms with E-state index in [-0.39, 0.29) is 6.04 Å². The molecule has 0 spiro atoms. The number of nitrogens with two attached hydrogens (primary N) is 1. The van der Waals surface area contributed by atoms with Crippen molar-refractivity contribution in [3.8, 4) is 5.75 Å². The summed E-state index contributed by atoms with van der Waals surface area (Å²) in [6, 6.07) is 4.35. The molecule has 0 heterocycles. The molecule has 0 amide bonds. The molecule has 2 nitrogen and oxygen atoms in total. The van der Waals surface area contributed by atoms with Crippen molar-refractivity contribution in [1.82, 2.24) is 0 Å². The Balaban J connectivity index is 2.79. The van der Waals surface area contributed by atoms with E-state index >= 15 is 0 Å². The minimum absolute atomic E-state index is 0.162. The van der Waals surface area contributed by atoms with Gasteiger partial charge in [-0.25, -0.2) is 0 Å². The molecule has 2 N–H and O–H groups in total. The summed E-state index contributed by atoms with van der Waals surface area (Å²) in [5, 5.41) is 0. The fraction of sp³-hybridized carbons (Fsp3) is 0.600. The summed E-state index contributed by atoms with van der Waals surface area (Å²) in [5.41, 5.74) is 7.05. The van der Waals surface area contributed by atoms with Crippen molar-refractivity contribution in [2.75, 3.05) is 6.61 Å². The zero-order chi connectivity index (χ0) is 14.4.